The monoisotopic (exact) mass is 457 g/mol. The van der Waals surface area contributed by atoms with Gasteiger partial charge in [-0.05, 0) is 36.6 Å². The number of rotatable bonds is 4. The second-order valence-corrected chi connectivity index (χ2v) is 7.82. The number of nitrogen functional groups attached to an aromatic ring is 1. The van der Waals surface area contributed by atoms with Crippen molar-refractivity contribution in [3.63, 3.8) is 0 Å². The van der Waals surface area contributed by atoms with Gasteiger partial charge in [-0.1, -0.05) is 58.4 Å². The van der Waals surface area contributed by atoms with Crippen LogP contribution in [0.25, 0.3) is 11.1 Å². The summed E-state index contributed by atoms with van der Waals surface area (Å²) in [6.45, 7) is 4.00. The maximum absolute atomic E-state index is 13.4. The number of nitrogens with one attached hydrogen (secondary N) is 1. The minimum Gasteiger partial charge on any atom is -0.398 e. The highest BCUT2D eigenvalue weighted by molar-refractivity contribution is 6.03. The zero-order chi connectivity index (χ0) is 24.6. The molecule has 2 saturated carbocycles. The summed E-state index contributed by atoms with van der Waals surface area (Å²) in [4.78, 5) is 17.2. The van der Waals surface area contributed by atoms with E-state index in [1.807, 2.05) is 26.0 Å². The number of hydrogen-bond acceptors (Lipinski definition) is 5. The van der Waals surface area contributed by atoms with Crippen LogP contribution in [0.15, 0.2) is 35.5 Å². The van der Waals surface area contributed by atoms with Crippen LogP contribution in [0.5, 0.6) is 0 Å². The van der Waals surface area contributed by atoms with Gasteiger partial charge in [-0.25, -0.2) is 4.98 Å². The third-order valence-electron chi connectivity index (χ3n) is 5.33. The Labute approximate surface area is 198 Å². The number of anilines is 2. The Balaban J connectivity index is 0.000000338. The molecule has 2 aromatic rings. The van der Waals surface area contributed by atoms with Crippen molar-refractivity contribution < 1.29 is 9.18 Å². The minimum atomic E-state index is -0.540. The van der Waals surface area contributed by atoms with Crippen LogP contribution in [0.3, 0.4) is 0 Å². The van der Waals surface area contributed by atoms with Crippen molar-refractivity contribution in [3.05, 3.63) is 42.0 Å². The van der Waals surface area contributed by atoms with Gasteiger partial charge in [0.15, 0.2) is 0 Å². The fourth-order valence-electron chi connectivity index (χ4n) is 3.15. The van der Waals surface area contributed by atoms with Gasteiger partial charge in [-0.2, -0.15) is 4.39 Å². The van der Waals surface area contributed by atoms with Crippen molar-refractivity contribution in [2.45, 2.75) is 65.2 Å². The molecule has 1 aromatic carbocycles. The summed E-state index contributed by atoms with van der Waals surface area (Å²) in [7, 11) is 3.24. The van der Waals surface area contributed by atoms with Gasteiger partial charge in [0, 0.05) is 43.0 Å². The zero-order valence-electron chi connectivity index (χ0n) is 20.5. The van der Waals surface area contributed by atoms with Gasteiger partial charge < -0.3 is 21.6 Å². The fraction of sp³-hybridized carbons (Fsp3) is 0.500. The number of pyridine rings is 1. The highest BCUT2D eigenvalue weighted by Gasteiger charge is 2.19. The van der Waals surface area contributed by atoms with E-state index in [2.05, 4.69) is 15.3 Å². The van der Waals surface area contributed by atoms with Crippen LogP contribution >= 0.6 is 0 Å². The van der Waals surface area contributed by atoms with E-state index in [0.717, 1.165) is 30.3 Å². The largest absolute Gasteiger partial charge is 0.398 e. The topological polar surface area (TPSA) is 106 Å². The van der Waals surface area contributed by atoms with Crippen molar-refractivity contribution in [3.8, 4) is 11.1 Å². The first-order valence-corrected chi connectivity index (χ1v) is 11.9. The predicted molar refractivity (Wildman–Crippen MR) is 138 cm³/mol. The fourth-order valence-corrected chi connectivity index (χ4v) is 3.15. The van der Waals surface area contributed by atoms with Gasteiger partial charge in [0.25, 0.3) is 0 Å². The number of carbonyl (C=O) groups is 1. The first-order valence-electron chi connectivity index (χ1n) is 11.9. The van der Waals surface area contributed by atoms with Gasteiger partial charge in [-0.3, -0.25) is 4.99 Å². The summed E-state index contributed by atoms with van der Waals surface area (Å²) < 4.78 is 13.4. The highest BCUT2D eigenvalue weighted by atomic mass is 19.1. The number of carbonyl (C=O) groups excluding carboxylic acids is 1. The molecule has 0 atom stereocenters. The molecule has 0 amide bonds. The van der Waals surface area contributed by atoms with Crippen LogP contribution in [0.1, 0.15) is 70.8 Å². The van der Waals surface area contributed by atoms with Crippen molar-refractivity contribution in [1.82, 2.24) is 4.98 Å². The molecule has 6 nitrogen and oxygen atoms in total. The maximum Gasteiger partial charge on any atom is 0.236 e. The lowest BCUT2D eigenvalue weighted by atomic mass is 10.0. The average Bonchev–Trinajstić information content (AvgIpc) is 3.72. The molecule has 2 fully saturated rings. The quantitative estimate of drug-likeness (QED) is 0.177. The van der Waals surface area contributed by atoms with Gasteiger partial charge in [0.05, 0.1) is 5.69 Å². The number of aldehydes is 1. The van der Waals surface area contributed by atoms with Crippen LogP contribution in [-0.2, 0) is 4.79 Å². The lowest BCUT2D eigenvalue weighted by molar-refractivity contribution is -0.108. The Bertz CT molecular complexity index is 865. The molecule has 5 N–H and O–H groups in total. The van der Waals surface area contributed by atoms with E-state index in [4.69, 9.17) is 11.5 Å². The second kappa shape index (κ2) is 15.8. The Hall–Kier alpha value is -2.96. The van der Waals surface area contributed by atoms with E-state index in [0.29, 0.717) is 28.7 Å². The summed E-state index contributed by atoms with van der Waals surface area (Å²) in [6.07, 6.45) is 13.8. The molecular formula is C26H40FN5O. The molecule has 2 aliphatic rings. The summed E-state index contributed by atoms with van der Waals surface area (Å²) in [5, 5.41) is 2.75. The SMILES string of the molecule is C1CCCCC1.CC.CN=C(N)c1cc(-c2cnc(F)c(NC)c2)ccc1N.O=CC1CC1. The number of nitrogens with two attached hydrogens (primary N) is 2. The Morgan fingerprint density at radius 1 is 1.09 bits per heavy atom. The number of amidine groups is 1. The number of nitrogens with zero attached hydrogens (tertiary/aromatic N) is 2. The van der Waals surface area contributed by atoms with Crippen molar-refractivity contribution in [2.75, 3.05) is 25.1 Å². The second-order valence-electron chi connectivity index (χ2n) is 7.82. The predicted octanol–water partition coefficient (Wildman–Crippen LogP) is 5.81. The highest BCUT2D eigenvalue weighted by Crippen LogP contribution is 2.26. The molecule has 0 radical (unpaired) electrons. The third-order valence-corrected chi connectivity index (χ3v) is 5.33. The normalized spacial score (nSPS) is 14.9. The van der Waals surface area contributed by atoms with E-state index < -0.39 is 5.95 Å². The van der Waals surface area contributed by atoms with E-state index in [9.17, 15) is 9.18 Å². The average molecular weight is 458 g/mol. The lowest BCUT2D eigenvalue weighted by Gasteiger charge is -2.09. The molecule has 0 unspecified atom stereocenters. The number of aromatic nitrogens is 1. The van der Waals surface area contributed by atoms with Gasteiger partial charge in [-0.15, -0.1) is 0 Å². The standard InChI is InChI=1S/C14H16FN5.C6H12.C4H6O.C2H6/c1-18-12-6-9(7-20-13(12)15)8-3-4-11(16)10(5-8)14(17)19-2;1-2-4-6-5-3-1;5-3-4-1-2-4;1-2/h3-7,18H,16H2,1-2H3,(H2,17,19);1-6H2;3-4H,1-2H2;1-2H3. The number of aliphatic imine (C=N–C) groups is 1. The Morgan fingerprint density at radius 3 is 2.09 bits per heavy atom. The molecule has 182 valence electrons. The molecule has 0 aliphatic heterocycles. The van der Waals surface area contributed by atoms with Crippen molar-refractivity contribution in [1.29, 1.82) is 0 Å². The molecule has 4 rings (SSSR count). The van der Waals surface area contributed by atoms with Crippen LogP contribution < -0.4 is 16.8 Å². The summed E-state index contributed by atoms with van der Waals surface area (Å²) in [5.74, 6) is 0.268. The smallest absolute Gasteiger partial charge is 0.236 e. The minimum absolute atomic E-state index is 0.331. The van der Waals surface area contributed by atoms with Crippen LogP contribution in [0.4, 0.5) is 15.8 Å². The first-order chi connectivity index (χ1) is 16.0. The summed E-state index contributed by atoms with van der Waals surface area (Å²) in [6, 6.07) is 7.06. The van der Waals surface area contributed by atoms with Gasteiger partial charge in [0.2, 0.25) is 5.95 Å². The van der Waals surface area contributed by atoms with E-state index in [1.54, 1.807) is 26.2 Å². The van der Waals surface area contributed by atoms with E-state index in [1.165, 1.54) is 44.7 Å². The molecule has 0 bridgehead atoms. The number of hydrogen-bond donors (Lipinski definition) is 3. The molecule has 33 heavy (non-hydrogen) atoms. The first kappa shape index (κ1) is 28.1. The molecule has 0 spiro atoms. The van der Waals surface area contributed by atoms with Crippen LogP contribution in [0.2, 0.25) is 0 Å². The van der Waals surface area contributed by atoms with Gasteiger partial charge >= 0.3 is 0 Å². The van der Waals surface area contributed by atoms with E-state index in [-0.39, 0.29) is 0 Å². The molecule has 7 heteroatoms. The molecule has 1 heterocycles. The van der Waals surface area contributed by atoms with Crippen LogP contribution in [0, 0.1) is 11.9 Å². The van der Waals surface area contributed by atoms with Gasteiger partial charge in [0.1, 0.15) is 12.1 Å². The molecular weight excluding hydrogens is 417 g/mol. The number of benzene rings is 1. The van der Waals surface area contributed by atoms with Crippen LogP contribution in [-0.4, -0.2) is 31.2 Å². The van der Waals surface area contributed by atoms with Crippen molar-refractivity contribution >= 4 is 23.5 Å². The molecule has 1 aromatic heterocycles. The van der Waals surface area contributed by atoms with E-state index >= 15 is 0 Å². The maximum atomic E-state index is 13.4. The lowest BCUT2D eigenvalue weighted by Crippen LogP contribution is -2.15. The summed E-state index contributed by atoms with van der Waals surface area (Å²) in [5.41, 5.74) is 14.8. The molecule has 2 aliphatic carbocycles. The zero-order valence-corrected chi connectivity index (χ0v) is 20.5. The number of halogens is 1. The molecule has 0 saturated heterocycles. The Kier molecular flexibility index (Phi) is 13.4. The Morgan fingerprint density at radius 2 is 1.67 bits per heavy atom. The summed E-state index contributed by atoms with van der Waals surface area (Å²) >= 11 is 0. The van der Waals surface area contributed by atoms with Crippen molar-refractivity contribution in [2.24, 2.45) is 16.6 Å². The third kappa shape index (κ3) is 10.0.